The minimum atomic E-state index is -0.147. The third-order valence-electron chi connectivity index (χ3n) is 5.46. The Hall–Kier alpha value is -1.13. The van der Waals surface area contributed by atoms with Gasteiger partial charge in [-0.05, 0) is 51.4 Å². The smallest absolute Gasteiger partial charge is 0.169 e. The van der Waals surface area contributed by atoms with E-state index in [9.17, 15) is 4.39 Å². The maximum absolute atomic E-state index is 14.8. The Morgan fingerprint density at radius 1 is 1.05 bits per heavy atom. The van der Waals surface area contributed by atoms with Gasteiger partial charge in [-0.15, -0.1) is 0 Å². The molecule has 0 N–H and O–H groups in total. The van der Waals surface area contributed by atoms with Gasteiger partial charge in [-0.2, -0.15) is 0 Å². The molecule has 0 spiro atoms. The number of fused-ring (bicyclic) bond motifs is 2. The summed E-state index contributed by atoms with van der Waals surface area (Å²) in [4.78, 5) is 4.77. The van der Waals surface area contributed by atoms with Gasteiger partial charge in [0.1, 0.15) is 5.60 Å². The predicted octanol–water partition coefficient (Wildman–Crippen LogP) is 3.04. The van der Waals surface area contributed by atoms with Crippen LogP contribution in [-0.4, -0.2) is 48.1 Å². The van der Waals surface area contributed by atoms with E-state index in [1.54, 1.807) is 6.07 Å². The van der Waals surface area contributed by atoms with E-state index in [0.29, 0.717) is 12.3 Å². The second kappa shape index (κ2) is 5.82. The van der Waals surface area contributed by atoms with Crippen molar-refractivity contribution in [2.45, 2.75) is 44.2 Å². The quantitative estimate of drug-likeness (QED) is 0.850. The number of hydrogen-bond donors (Lipinski definition) is 0. The Bertz CT molecular complexity index is 540. The standard InChI is InChI=1S/C18H25FN2O/c19-17-15(13-20-9-1-2-10-20)5-3-6-16(17)22-18-7-4-11-21(14-18)12-8-18/h3,5-6H,1-2,4,7-14H2. The summed E-state index contributed by atoms with van der Waals surface area (Å²) in [7, 11) is 0. The number of benzene rings is 1. The second-order valence-electron chi connectivity index (χ2n) is 7.13. The van der Waals surface area contributed by atoms with Crippen molar-refractivity contribution < 1.29 is 9.13 Å². The highest BCUT2D eigenvalue weighted by molar-refractivity contribution is 5.32. The molecule has 0 radical (unpaired) electrons. The molecule has 3 aliphatic rings. The van der Waals surface area contributed by atoms with Crippen LogP contribution in [0.15, 0.2) is 18.2 Å². The minimum absolute atomic E-state index is 0.146. The van der Waals surface area contributed by atoms with Crippen LogP contribution in [-0.2, 0) is 6.54 Å². The van der Waals surface area contributed by atoms with Gasteiger partial charge in [0, 0.05) is 31.6 Å². The van der Waals surface area contributed by atoms with Gasteiger partial charge >= 0.3 is 0 Å². The third-order valence-corrected chi connectivity index (χ3v) is 5.46. The summed E-state index contributed by atoms with van der Waals surface area (Å²) in [6.07, 6.45) is 5.71. The van der Waals surface area contributed by atoms with Gasteiger partial charge in [-0.3, -0.25) is 9.80 Å². The molecule has 3 saturated heterocycles. The zero-order valence-corrected chi connectivity index (χ0v) is 13.2. The number of nitrogens with zero attached hydrogens (tertiary/aromatic N) is 2. The molecule has 0 aliphatic carbocycles. The van der Waals surface area contributed by atoms with Gasteiger partial charge in [0.2, 0.25) is 0 Å². The molecule has 0 saturated carbocycles. The van der Waals surface area contributed by atoms with E-state index >= 15 is 0 Å². The molecule has 4 heteroatoms. The molecule has 1 aromatic carbocycles. The molecular formula is C18H25FN2O. The summed E-state index contributed by atoms with van der Waals surface area (Å²) < 4.78 is 21.1. The Morgan fingerprint density at radius 2 is 1.91 bits per heavy atom. The first kappa shape index (κ1) is 14.5. The first-order valence-electron chi connectivity index (χ1n) is 8.65. The SMILES string of the molecule is Fc1c(CN2CCCC2)cccc1OC12CCCN(CC1)C2. The minimum Gasteiger partial charge on any atom is -0.483 e. The first-order chi connectivity index (χ1) is 10.7. The van der Waals surface area contributed by atoms with Gasteiger partial charge < -0.3 is 4.74 Å². The number of ether oxygens (including phenoxy) is 1. The molecule has 22 heavy (non-hydrogen) atoms. The van der Waals surface area contributed by atoms with Gasteiger partial charge in [0.15, 0.2) is 11.6 Å². The van der Waals surface area contributed by atoms with Gasteiger partial charge in [-0.1, -0.05) is 12.1 Å². The lowest BCUT2D eigenvalue weighted by molar-refractivity contribution is 0.0413. The van der Waals surface area contributed by atoms with Crippen LogP contribution >= 0.6 is 0 Å². The summed E-state index contributed by atoms with van der Waals surface area (Å²) in [5, 5.41) is 0. The molecule has 2 bridgehead atoms. The van der Waals surface area contributed by atoms with E-state index in [1.165, 1.54) is 19.4 Å². The highest BCUT2D eigenvalue weighted by Gasteiger charge is 2.43. The lowest BCUT2D eigenvalue weighted by Gasteiger charge is -2.34. The lowest BCUT2D eigenvalue weighted by Crippen LogP contribution is -2.43. The van der Waals surface area contributed by atoms with Crippen molar-refractivity contribution in [3.63, 3.8) is 0 Å². The average Bonchev–Trinajstić information content (AvgIpc) is 3.12. The lowest BCUT2D eigenvalue weighted by atomic mass is 9.94. The van der Waals surface area contributed by atoms with Crippen LogP contribution in [0.4, 0.5) is 4.39 Å². The Labute approximate surface area is 132 Å². The van der Waals surface area contributed by atoms with Crippen LogP contribution in [0.5, 0.6) is 5.75 Å². The highest BCUT2D eigenvalue weighted by Crippen LogP contribution is 2.37. The van der Waals surface area contributed by atoms with Crippen molar-refractivity contribution >= 4 is 0 Å². The van der Waals surface area contributed by atoms with Crippen LogP contribution in [0.3, 0.4) is 0 Å². The van der Waals surface area contributed by atoms with Crippen molar-refractivity contribution in [2.75, 3.05) is 32.7 Å². The zero-order chi connectivity index (χ0) is 15.0. The normalized spacial score (nSPS) is 31.6. The van der Waals surface area contributed by atoms with Gasteiger partial charge in [0.05, 0.1) is 0 Å². The second-order valence-corrected chi connectivity index (χ2v) is 7.13. The van der Waals surface area contributed by atoms with Crippen molar-refractivity contribution in [2.24, 2.45) is 0 Å². The number of piperidine rings is 1. The molecule has 0 amide bonds. The number of likely N-dealkylation sites (tertiary alicyclic amines) is 1. The van der Waals surface area contributed by atoms with Gasteiger partial charge in [0.25, 0.3) is 0 Å². The fraction of sp³-hybridized carbons (Fsp3) is 0.667. The largest absolute Gasteiger partial charge is 0.483 e. The van der Waals surface area contributed by atoms with Crippen LogP contribution < -0.4 is 4.74 Å². The van der Waals surface area contributed by atoms with Crippen molar-refractivity contribution in [1.29, 1.82) is 0 Å². The summed E-state index contributed by atoms with van der Waals surface area (Å²) in [5.74, 6) is 0.313. The molecule has 4 rings (SSSR count). The van der Waals surface area contributed by atoms with Crippen molar-refractivity contribution in [3.05, 3.63) is 29.6 Å². The third kappa shape index (κ3) is 2.74. The maximum Gasteiger partial charge on any atom is 0.169 e. The summed E-state index contributed by atoms with van der Waals surface area (Å²) in [6, 6.07) is 5.64. The van der Waals surface area contributed by atoms with E-state index in [2.05, 4.69) is 9.80 Å². The number of rotatable bonds is 4. The van der Waals surface area contributed by atoms with E-state index in [0.717, 1.165) is 51.0 Å². The highest BCUT2D eigenvalue weighted by atomic mass is 19.1. The Kier molecular flexibility index (Phi) is 3.82. The summed E-state index contributed by atoms with van der Waals surface area (Å²) >= 11 is 0. The van der Waals surface area contributed by atoms with Gasteiger partial charge in [-0.25, -0.2) is 4.39 Å². The van der Waals surface area contributed by atoms with Crippen molar-refractivity contribution in [1.82, 2.24) is 9.80 Å². The van der Waals surface area contributed by atoms with E-state index < -0.39 is 0 Å². The molecule has 3 heterocycles. The van der Waals surface area contributed by atoms with E-state index in [1.807, 2.05) is 12.1 Å². The van der Waals surface area contributed by atoms with Crippen LogP contribution in [0, 0.1) is 5.82 Å². The fourth-order valence-corrected chi connectivity index (χ4v) is 4.25. The molecule has 3 nitrogen and oxygen atoms in total. The molecule has 3 fully saturated rings. The molecule has 0 aromatic heterocycles. The Morgan fingerprint density at radius 3 is 2.77 bits per heavy atom. The molecule has 3 aliphatic heterocycles. The van der Waals surface area contributed by atoms with E-state index in [4.69, 9.17) is 4.74 Å². The molecule has 2 unspecified atom stereocenters. The van der Waals surface area contributed by atoms with Crippen molar-refractivity contribution in [3.8, 4) is 5.75 Å². The number of hydrogen-bond acceptors (Lipinski definition) is 3. The van der Waals surface area contributed by atoms with Crippen LogP contribution in [0.2, 0.25) is 0 Å². The topological polar surface area (TPSA) is 15.7 Å². The summed E-state index contributed by atoms with van der Waals surface area (Å²) in [5.41, 5.74) is 0.632. The van der Waals surface area contributed by atoms with Crippen LogP contribution in [0.1, 0.15) is 37.7 Å². The van der Waals surface area contributed by atoms with E-state index in [-0.39, 0.29) is 11.4 Å². The summed E-state index contributed by atoms with van der Waals surface area (Å²) in [6.45, 7) is 6.11. The molecular weight excluding hydrogens is 279 g/mol. The number of halogens is 1. The Balaban J connectivity index is 1.52. The first-order valence-corrected chi connectivity index (χ1v) is 8.65. The predicted molar refractivity (Wildman–Crippen MR) is 84.6 cm³/mol. The molecule has 2 atom stereocenters. The molecule has 120 valence electrons. The maximum atomic E-state index is 14.8. The zero-order valence-electron chi connectivity index (χ0n) is 13.2. The fourth-order valence-electron chi connectivity index (χ4n) is 4.25. The molecule has 1 aromatic rings. The monoisotopic (exact) mass is 304 g/mol. The van der Waals surface area contributed by atoms with Crippen LogP contribution in [0.25, 0.3) is 0 Å². The average molecular weight is 304 g/mol.